The van der Waals surface area contributed by atoms with Crippen molar-refractivity contribution in [1.29, 1.82) is 0 Å². The molecule has 0 heterocycles. The number of rotatable bonds is 7. The Kier molecular flexibility index (Phi) is 7.73. The molecule has 0 aromatic heterocycles. The van der Waals surface area contributed by atoms with Crippen LogP contribution < -0.4 is 5.73 Å². The molecule has 4 saturated carbocycles. The zero-order chi connectivity index (χ0) is 28.5. The van der Waals surface area contributed by atoms with Gasteiger partial charge in [0.25, 0.3) is 0 Å². The Morgan fingerprint density at radius 2 is 1.55 bits per heavy atom. The zero-order valence-corrected chi connectivity index (χ0v) is 25.5. The number of hydrogen-bond donors (Lipinski definition) is 4. The van der Waals surface area contributed by atoms with Gasteiger partial charge in [-0.3, -0.25) is 4.79 Å². The minimum Gasteiger partial charge on any atom is -0.461 e. The third kappa shape index (κ3) is 4.67. The maximum Gasteiger partial charge on any atom is 0.319 e. The summed E-state index contributed by atoms with van der Waals surface area (Å²) in [5, 5.41) is 33.8. The summed E-state index contributed by atoms with van der Waals surface area (Å²) >= 11 is 0. The number of esters is 1. The Balaban J connectivity index is 1.60. The monoisotopic (exact) mass is 535 g/mol. The van der Waals surface area contributed by atoms with Gasteiger partial charge in [-0.15, -0.1) is 0 Å². The third-order valence-electron chi connectivity index (χ3n) is 13.0. The van der Waals surface area contributed by atoms with Crippen LogP contribution in [0.3, 0.4) is 0 Å². The first-order valence-electron chi connectivity index (χ1n) is 15.4. The summed E-state index contributed by atoms with van der Waals surface area (Å²) in [6, 6.07) is 0. The average molecular weight is 536 g/mol. The molecular formula is C32H57NO5. The number of nitrogens with two attached hydrogens (primary N) is 1. The van der Waals surface area contributed by atoms with Gasteiger partial charge in [-0.25, -0.2) is 0 Å². The predicted octanol–water partition coefficient (Wildman–Crippen LogP) is 5.21. The van der Waals surface area contributed by atoms with Gasteiger partial charge in [0, 0.05) is 5.41 Å². The Hall–Kier alpha value is -0.690. The summed E-state index contributed by atoms with van der Waals surface area (Å²) in [5.41, 5.74) is 3.94. The molecule has 0 saturated heterocycles. The van der Waals surface area contributed by atoms with E-state index in [9.17, 15) is 20.1 Å². The van der Waals surface area contributed by atoms with E-state index in [0.717, 1.165) is 51.4 Å². The smallest absolute Gasteiger partial charge is 0.319 e. The summed E-state index contributed by atoms with van der Waals surface area (Å²) < 4.78 is 5.87. The minimum atomic E-state index is -0.855. The molecule has 38 heavy (non-hydrogen) atoms. The van der Waals surface area contributed by atoms with Crippen molar-refractivity contribution < 1.29 is 24.9 Å². The van der Waals surface area contributed by atoms with Crippen molar-refractivity contribution in [2.45, 2.75) is 143 Å². The van der Waals surface area contributed by atoms with E-state index < -0.39 is 17.3 Å². The molecule has 4 aliphatic carbocycles. The second kappa shape index (κ2) is 9.70. The van der Waals surface area contributed by atoms with Crippen LogP contribution in [0, 0.1) is 45.3 Å². The largest absolute Gasteiger partial charge is 0.461 e. The molecule has 0 unspecified atom stereocenters. The lowest BCUT2D eigenvalue weighted by atomic mass is 9.35. The maximum atomic E-state index is 12.1. The Labute approximate surface area is 231 Å². The van der Waals surface area contributed by atoms with Crippen molar-refractivity contribution in [1.82, 2.24) is 0 Å². The van der Waals surface area contributed by atoms with Gasteiger partial charge in [-0.1, -0.05) is 34.6 Å². The van der Waals surface area contributed by atoms with Crippen LogP contribution >= 0.6 is 0 Å². The standard InChI is InChI=1S/C32H57NO5/c1-27(2,36)13-9-14-32(8,37)20-10-16-31(7)26(20)21(34)18-23-29(5)15-12-24(38-25(35)19-33)28(3,4)22(29)11-17-30(23,31)6/h20-24,26,34,36-37H,9-19,33H2,1-8H3/t20-,21+,22-,23+,24-,26-,29-,30+,31+,32+/m0/s1. The van der Waals surface area contributed by atoms with Crippen molar-refractivity contribution in [3.63, 3.8) is 0 Å². The summed E-state index contributed by atoms with van der Waals surface area (Å²) in [6.07, 6.45) is 8.33. The number of aliphatic hydroxyl groups is 3. The lowest BCUT2D eigenvalue weighted by Crippen LogP contribution is -2.66. The van der Waals surface area contributed by atoms with Crippen LogP contribution in [0.1, 0.15) is 120 Å². The van der Waals surface area contributed by atoms with Gasteiger partial charge in [0.05, 0.1) is 23.9 Å². The third-order valence-corrected chi connectivity index (χ3v) is 13.0. The molecule has 0 aromatic rings. The van der Waals surface area contributed by atoms with Gasteiger partial charge in [-0.05, 0) is 125 Å². The van der Waals surface area contributed by atoms with E-state index in [1.165, 1.54) is 0 Å². The molecule has 6 heteroatoms. The highest BCUT2D eigenvalue weighted by molar-refractivity contribution is 5.71. The van der Waals surface area contributed by atoms with Crippen LogP contribution in [0.2, 0.25) is 0 Å². The van der Waals surface area contributed by atoms with Crippen molar-refractivity contribution in [2.75, 3.05) is 6.54 Å². The molecule has 0 aromatic carbocycles. The predicted molar refractivity (Wildman–Crippen MR) is 150 cm³/mol. The number of aliphatic hydroxyl groups excluding tert-OH is 1. The van der Waals surface area contributed by atoms with Crippen molar-refractivity contribution >= 4 is 5.97 Å². The van der Waals surface area contributed by atoms with E-state index in [0.29, 0.717) is 24.7 Å². The highest BCUT2D eigenvalue weighted by atomic mass is 16.5. The Morgan fingerprint density at radius 3 is 2.16 bits per heavy atom. The van der Waals surface area contributed by atoms with Gasteiger partial charge in [0.1, 0.15) is 6.10 Å². The van der Waals surface area contributed by atoms with E-state index in [-0.39, 0.29) is 52.1 Å². The normalized spacial score (nSPS) is 45.9. The quantitative estimate of drug-likeness (QED) is 0.333. The molecule has 0 amide bonds. The van der Waals surface area contributed by atoms with Crippen molar-refractivity contribution in [3.8, 4) is 0 Å². The molecule has 4 rings (SSSR count). The van der Waals surface area contributed by atoms with Gasteiger partial charge in [0.2, 0.25) is 0 Å². The maximum absolute atomic E-state index is 12.1. The topological polar surface area (TPSA) is 113 Å². The van der Waals surface area contributed by atoms with Crippen LogP contribution in [0.25, 0.3) is 0 Å². The Bertz CT molecular complexity index is 895. The van der Waals surface area contributed by atoms with E-state index in [2.05, 4.69) is 34.6 Å². The van der Waals surface area contributed by atoms with Crippen molar-refractivity contribution in [2.24, 2.45) is 51.1 Å². The van der Waals surface area contributed by atoms with Crippen LogP contribution in [-0.2, 0) is 9.53 Å². The highest BCUT2D eigenvalue weighted by Crippen LogP contribution is 2.75. The fourth-order valence-corrected chi connectivity index (χ4v) is 10.9. The molecular weight excluding hydrogens is 478 g/mol. The molecule has 6 nitrogen and oxygen atoms in total. The molecule has 220 valence electrons. The first-order chi connectivity index (χ1) is 17.3. The first kappa shape index (κ1) is 30.3. The van der Waals surface area contributed by atoms with Crippen LogP contribution in [0.15, 0.2) is 0 Å². The summed E-state index contributed by atoms with van der Waals surface area (Å²) in [7, 11) is 0. The molecule has 4 fully saturated rings. The first-order valence-corrected chi connectivity index (χ1v) is 15.4. The van der Waals surface area contributed by atoms with Gasteiger partial charge >= 0.3 is 5.97 Å². The molecule has 10 atom stereocenters. The fourth-order valence-electron chi connectivity index (χ4n) is 10.9. The molecule has 0 bridgehead atoms. The van der Waals surface area contributed by atoms with Gasteiger partial charge < -0.3 is 25.8 Å². The molecule has 0 radical (unpaired) electrons. The van der Waals surface area contributed by atoms with E-state index in [1.54, 1.807) is 0 Å². The molecule has 0 aliphatic heterocycles. The molecule has 5 N–H and O–H groups in total. The highest BCUT2D eigenvalue weighted by Gasteiger charge is 2.71. The van der Waals surface area contributed by atoms with Crippen LogP contribution in [0.4, 0.5) is 0 Å². The lowest BCUT2D eigenvalue weighted by Gasteiger charge is -2.70. The SMILES string of the molecule is CC(C)(O)CCC[C@@](C)(O)[C@H]1CC[C@]2(C)[C@@H]1[C@H](O)C[C@@H]1[C@@]3(C)CC[C@H](OC(=O)CN)C(C)(C)[C@@H]3CC[C@]12C. The summed E-state index contributed by atoms with van der Waals surface area (Å²) in [5.74, 6) is 0.620. The summed E-state index contributed by atoms with van der Waals surface area (Å²) in [4.78, 5) is 12.1. The van der Waals surface area contributed by atoms with Crippen molar-refractivity contribution in [3.05, 3.63) is 0 Å². The molecule has 0 spiro atoms. The van der Waals surface area contributed by atoms with E-state index >= 15 is 0 Å². The fraction of sp³-hybridized carbons (Fsp3) is 0.969. The van der Waals surface area contributed by atoms with Gasteiger partial charge in [-0.2, -0.15) is 0 Å². The minimum absolute atomic E-state index is 0.0405. The lowest BCUT2D eigenvalue weighted by molar-refractivity contribution is -0.249. The number of carbonyl (C=O) groups excluding carboxylic acids is 1. The number of carbonyl (C=O) groups is 1. The van der Waals surface area contributed by atoms with Crippen LogP contribution in [0.5, 0.6) is 0 Å². The second-order valence-electron chi connectivity index (χ2n) is 16.0. The number of hydrogen-bond acceptors (Lipinski definition) is 6. The van der Waals surface area contributed by atoms with Crippen LogP contribution in [-0.4, -0.2) is 51.2 Å². The summed E-state index contributed by atoms with van der Waals surface area (Å²) in [6.45, 7) is 17.5. The molecule has 4 aliphatic rings. The van der Waals surface area contributed by atoms with Gasteiger partial charge in [0.15, 0.2) is 0 Å². The van der Waals surface area contributed by atoms with E-state index in [1.807, 2.05) is 20.8 Å². The Morgan fingerprint density at radius 1 is 0.921 bits per heavy atom. The second-order valence-corrected chi connectivity index (χ2v) is 16.0. The average Bonchev–Trinajstić information content (AvgIpc) is 3.17. The van der Waals surface area contributed by atoms with E-state index in [4.69, 9.17) is 10.5 Å². The zero-order valence-electron chi connectivity index (χ0n) is 25.5. The number of fused-ring (bicyclic) bond motifs is 5. The number of ether oxygens (including phenoxy) is 1.